The van der Waals surface area contributed by atoms with E-state index in [2.05, 4.69) is 24.9 Å². The maximum Gasteiger partial charge on any atom is 0.230 e. The van der Waals surface area contributed by atoms with Crippen LogP contribution in [0.4, 0.5) is 0 Å². The lowest BCUT2D eigenvalue weighted by Crippen LogP contribution is -2.47. The third-order valence-corrected chi connectivity index (χ3v) is 4.67. The van der Waals surface area contributed by atoms with E-state index in [0.29, 0.717) is 5.92 Å². The van der Waals surface area contributed by atoms with Crippen molar-refractivity contribution < 1.29 is 4.79 Å². The summed E-state index contributed by atoms with van der Waals surface area (Å²) in [4.78, 5) is 13.4. The van der Waals surface area contributed by atoms with E-state index < -0.39 is 5.41 Å². The van der Waals surface area contributed by atoms with Crippen LogP contribution in [0.5, 0.6) is 0 Å². The van der Waals surface area contributed by atoms with Crippen LogP contribution in [0.15, 0.2) is 29.2 Å². The Balaban J connectivity index is 2.05. The second-order valence-corrected chi connectivity index (χ2v) is 6.64. The van der Waals surface area contributed by atoms with Gasteiger partial charge in [0, 0.05) is 10.9 Å². The van der Waals surface area contributed by atoms with Crippen LogP contribution < -0.4 is 5.32 Å². The fourth-order valence-electron chi connectivity index (χ4n) is 2.45. The summed E-state index contributed by atoms with van der Waals surface area (Å²) in [5, 5.41) is 3.18. The van der Waals surface area contributed by atoms with Gasteiger partial charge in [-0.15, -0.1) is 12.6 Å². The number of amides is 1. The molecular formula is C16H23NOS. The zero-order valence-corrected chi connectivity index (χ0v) is 12.8. The summed E-state index contributed by atoms with van der Waals surface area (Å²) in [6, 6.07) is 8.11. The van der Waals surface area contributed by atoms with Gasteiger partial charge in [-0.3, -0.25) is 4.79 Å². The number of rotatable bonds is 4. The van der Waals surface area contributed by atoms with Gasteiger partial charge in [0.15, 0.2) is 0 Å². The van der Waals surface area contributed by atoms with Gasteiger partial charge in [0.25, 0.3) is 0 Å². The van der Waals surface area contributed by atoms with Gasteiger partial charge < -0.3 is 5.32 Å². The first-order valence-corrected chi connectivity index (χ1v) is 7.46. The molecule has 0 unspecified atom stereocenters. The molecule has 2 rings (SSSR count). The summed E-state index contributed by atoms with van der Waals surface area (Å²) in [6.45, 7) is 6.07. The van der Waals surface area contributed by atoms with E-state index >= 15 is 0 Å². The number of carbonyl (C=O) groups is 1. The normalized spacial score (nSPS) is 17.7. The Kier molecular flexibility index (Phi) is 4.24. The molecule has 3 heteroatoms. The summed E-state index contributed by atoms with van der Waals surface area (Å²) < 4.78 is 0. The monoisotopic (exact) mass is 277 g/mol. The van der Waals surface area contributed by atoms with E-state index in [9.17, 15) is 4.79 Å². The average Bonchev–Trinajstić information content (AvgIpc) is 2.26. The Morgan fingerprint density at radius 1 is 1.32 bits per heavy atom. The highest BCUT2D eigenvalue weighted by Gasteiger charge is 2.33. The van der Waals surface area contributed by atoms with Crippen LogP contribution in [-0.2, 0) is 10.2 Å². The molecule has 1 aliphatic rings. The summed E-state index contributed by atoms with van der Waals surface area (Å²) >= 11 is 4.28. The first-order valence-electron chi connectivity index (χ1n) is 7.01. The molecule has 0 aromatic heterocycles. The molecule has 0 aliphatic heterocycles. The molecule has 1 saturated carbocycles. The summed E-state index contributed by atoms with van der Waals surface area (Å²) in [5.41, 5.74) is 0.531. The van der Waals surface area contributed by atoms with Crippen molar-refractivity contribution in [2.24, 2.45) is 5.92 Å². The van der Waals surface area contributed by atoms with Gasteiger partial charge in [0.05, 0.1) is 5.41 Å². The predicted octanol–water partition coefficient (Wildman–Crippen LogP) is 3.56. The van der Waals surface area contributed by atoms with Crippen molar-refractivity contribution in [2.75, 3.05) is 0 Å². The quantitative estimate of drug-likeness (QED) is 0.810. The van der Waals surface area contributed by atoms with Crippen molar-refractivity contribution in [2.45, 2.75) is 56.4 Å². The molecule has 0 bridgehead atoms. The molecule has 1 aliphatic carbocycles. The maximum absolute atomic E-state index is 12.5. The lowest BCUT2D eigenvalue weighted by Gasteiger charge is -2.34. The molecule has 1 amide bonds. The smallest absolute Gasteiger partial charge is 0.230 e. The third kappa shape index (κ3) is 3.14. The van der Waals surface area contributed by atoms with Gasteiger partial charge in [-0.25, -0.2) is 0 Å². The van der Waals surface area contributed by atoms with E-state index in [-0.39, 0.29) is 11.9 Å². The number of hydrogen-bond donors (Lipinski definition) is 2. The minimum atomic E-state index is -0.501. The Morgan fingerprint density at radius 2 is 1.89 bits per heavy atom. The van der Waals surface area contributed by atoms with Crippen molar-refractivity contribution in [3.8, 4) is 0 Å². The average molecular weight is 277 g/mol. The van der Waals surface area contributed by atoms with E-state index in [1.807, 2.05) is 38.1 Å². The molecular weight excluding hydrogens is 254 g/mol. The highest BCUT2D eigenvalue weighted by molar-refractivity contribution is 7.80. The van der Waals surface area contributed by atoms with Crippen molar-refractivity contribution in [1.29, 1.82) is 0 Å². The largest absolute Gasteiger partial charge is 0.353 e. The lowest BCUT2D eigenvalue weighted by atomic mass is 9.79. The molecule has 1 N–H and O–H groups in total. The van der Waals surface area contributed by atoms with Crippen LogP contribution >= 0.6 is 12.6 Å². The fourth-order valence-corrected chi connectivity index (χ4v) is 2.60. The van der Waals surface area contributed by atoms with Gasteiger partial charge in [0.1, 0.15) is 0 Å². The van der Waals surface area contributed by atoms with Gasteiger partial charge in [-0.05, 0) is 57.2 Å². The second-order valence-electron chi connectivity index (χ2n) is 6.12. The van der Waals surface area contributed by atoms with Crippen molar-refractivity contribution in [1.82, 2.24) is 5.32 Å². The van der Waals surface area contributed by atoms with Gasteiger partial charge >= 0.3 is 0 Å². The third-order valence-electron chi connectivity index (χ3n) is 4.37. The van der Waals surface area contributed by atoms with E-state index in [1.165, 1.54) is 19.3 Å². The molecule has 1 aromatic carbocycles. The first kappa shape index (κ1) is 14.4. The Bertz CT molecular complexity index is 448. The summed E-state index contributed by atoms with van der Waals surface area (Å²) in [5.74, 6) is 0.776. The van der Waals surface area contributed by atoms with Crippen LogP contribution in [0.1, 0.15) is 45.6 Å². The van der Waals surface area contributed by atoms with E-state index in [1.54, 1.807) is 0 Å². The number of hydrogen-bond acceptors (Lipinski definition) is 2. The molecule has 104 valence electrons. The second kappa shape index (κ2) is 5.58. The number of nitrogens with one attached hydrogen (secondary N) is 1. The molecule has 0 spiro atoms. The van der Waals surface area contributed by atoms with Crippen LogP contribution in [0.3, 0.4) is 0 Å². The van der Waals surface area contributed by atoms with Gasteiger partial charge in [-0.2, -0.15) is 0 Å². The number of carbonyl (C=O) groups excluding carboxylic acids is 1. The van der Waals surface area contributed by atoms with E-state index in [0.717, 1.165) is 10.5 Å². The number of thiol groups is 1. The highest BCUT2D eigenvalue weighted by atomic mass is 32.1. The van der Waals surface area contributed by atoms with Gasteiger partial charge in [-0.1, -0.05) is 18.6 Å². The Morgan fingerprint density at radius 3 is 2.37 bits per heavy atom. The standard InChI is InChI=1S/C16H23NOS/c1-11(12-5-4-6-12)17-15(18)16(2,3)13-7-9-14(19)10-8-13/h7-12,19H,4-6H2,1-3H3,(H,17,18)/t11-/m1/s1. The maximum atomic E-state index is 12.5. The predicted molar refractivity (Wildman–Crippen MR) is 81.7 cm³/mol. The minimum absolute atomic E-state index is 0.110. The number of benzene rings is 1. The molecule has 1 atom stereocenters. The molecule has 19 heavy (non-hydrogen) atoms. The summed E-state index contributed by atoms with van der Waals surface area (Å²) in [7, 11) is 0. The minimum Gasteiger partial charge on any atom is -0.353 e. The molecule has 2 nitrogen and oxygen atoms in total. The SMILES string of the molecule is C[C@@H](NC(=O)C(C)(C)c1ccc(S)cc1)C1CCC1. The van der Waals surface area contributed by atoms with Crippen molar-refractivity contribution in [3.05, 3.63) is 29.8 Å². The van der Waals surface area contributed by atoms with Crippen molar-refractivity contribution >= 4 is 18.5 Å². The molecule has 0 radical (unpaired) electrons. The fraction of sp³-hybridized carbons (Fsp3) is 0.562. The Labute approximate surface area is 121 Å². The lowest BCUT2D eigenvalue weighted by molar-refractivity contribution is -0.126. The zero-order valence-electron chi connectivity index (χ0n) is 11.9. The molecule has 1 fully saturated rings. The first-order chi connectivity index (χ1) is 8.91. The Hall–Kier alpha value is -0.960. The van der Waals surface area contributed by atoms with Crippen LogP contribution in [-0.4, -0.2) is 11.9 Å². The van der Waals surface area contributed by atoms with Gasteiger partial charge in [0.2, 0.25) is 5.91 Å². The summed E-state index contributed by atoms with van der Waals surface area (Å²) in [6.07, 6.45) is 3.80. The van der Waals surface area contributed by atoms with Crippen LogP contribution in [0.25, 0.3) is 0 Å². The molecule has 0 heterocycles. The van der Waals surface area contributed by atoms with Crippen LogP contribution in [0.2, 0.25) is 0 Å². The van der Waals surface area contributed by atoms with Crippen LogP contribution in [0, 0.1) is 5.92 Å². The topological polar surface area (TPSA) is 29.1 Å². The molecule has 1 aromatic rings. The zero-order chi connectivity index (χ0) is 14.0. The highest BCUT2D eigenvalue weighted by Crippen LogP contribution is 2.30. The van der Waals surface area contributed by atoms with Crippen molar-refractivity contribution in [3.63, 3.8) is 0 Å². The molecule has 0 saturated heterocycles. The van der Waals surface area contributed by atoms with E-state index in [4.69, 9.17) is 0 Å².